The minimum absolute atomic E-state index is 0.0782. The molecule has 3 aromatic carbocycles. The molecule has 0 bridgehead atoms. The summed E-state index contributed by atoms with van der Waals surface area (Å²) in [4.78, 5) is 28.5. The summed E-state index contributed by atoms with van der Waals surface area (Å²) in [6.45, 7) is 0. The molecule has 5 rings (SSSR count). The van der Waals surface area contributed by atoms with E-state index >= 15 is 0 Å². The average molecular weight is 462 g/mol. The van der Waals surface area contributed by atoms with Crippen LogP contribution in [-0.2, 0) is 0 Å². The summed E-state index contributed by atoms with van der Waals surface area (Å²) in [5, 5.41) is 0.457. The number of amides is 1. The van der Waals surface area contributed by atoms with Gasteiger partial charge in [-0.05, 0) is 42.0 Å². The molecule has 5 nitrogen and oxygen atoms in total. The van der Waals surface area contributed by atoms with Crippen molar-refractivity contribution < 1.29 is 13.9 Å². The molecule has 0 saturated carbocycles. The summed E-state index contributed by atoms with van der Waals surface area (Å²) >= 11 is 3.45. The predicted molar refractivity (Wildman–Crippen MR) is 118 cm³/mol. The number of rotatable bonds is 3. The van der Waals surface area contributed by atoms with Gasteiger partial charge in [-0.15, -0.1) is 0 Å². The van der Waals surface area contributed by atoms with Crippen LogP contribution < -0.4 is 15.1 Å². The fraction of sp³-hybridized carbons (Fsp3) is 0.0833. The van der Waals surface area contributed by atoms with Crippen LogP contribution in [0.15, 0.2) is 86.5 Å². The Morgan fingerprint density at radius 2 is 1.73 bits per heavy atom. The van der Waals surface area contributed by atoms with Gasteiger partial charge in [0.15, 0.2) is 5.43 Å². The lowest BCUT2D eigenvalue weighted by Gasteiger charge is -2.25. The zero-order valence-electron chi connectivity index (χ0n) is 16.0. The third-order valence-corrected chi connectivity index (χ3v) is 5.82. The summed E-state index contributed by atoms with van der Waals surface area (Å²) in [6.07, 6.45) is 0. The van der Waals surface area contributed by atoms with Gasteiger partial charge in [0, 0.05) is 16.2 Å². The first kappa shape index (κ1) is 18.6. The Balaban J connectivity index is 1.80. The van der Waals surface area contributed by atoms with Crippen LogP contribution in [0.5, 0.6) is 5.75 Å². The highest BCUT2D eigenvalue weighted by molar-refractivity contribution is 9.10. The molecule has 1 aromatic heterocycles. The Bertz CT molecular complexity index is 1340. The smallest absolute Gasteiger partial charge is 0.295 e. The molecule has 1 atom stereocenters. The van der Waals surface area contributed by atoms with E-state index in [1.54, 1.807) is 42.3 Å². The Labute approximate surface area is 180 Å². The van der Waals surface area contributed by atoms with Gasteiger partial charge in [-0.25, -0.2) is 0 Å². The zero-order valence-corrected chi connectivity index (χ0v) is 17.5. The monoisotopic (exact) mass is 461 g/mol. The minimum atomic E-state index is -0.603. The molecule has 1 aliphatic heterocycles. The molecule has 148 valence electrons. The van der Waals surface area contributed by atoms with Crippen molar-refractivity contribution in [1.82, 2.24) is 0 Å². The first-order valence-electron chi connectivity index (χ1n) is 9.37. The fourth-order valence-electron chi connectivity index (χ4n) is 3.91. The lowest BCUT2D eigenvalue weighted by molar-refractivity contribution is 0.0971. The molecular weight excluding hydrogens is 446 g/mol. The second-order valence-corrected chi connectivity index (χ2v) is 7.92. The quantitative estimate of drug-likeness (QED) is 0.414. The van der Waals surface area contributed by atoms with E-state index in [-0.39, 0.29) is 17.1 Å². The van der Waals surface area contributed by atoms with E-state index in [2.05, 4.69) is 15.9 Å². The van der Waals surface area contributed by atoms with E-state index in [1.807, 2.05) is 42.5 Å². The van der Waals surface area contributed by atoms with E-state index in [1.165, 1.54) is 0 Å². The normalized spacial score (nSPS) is 15.5. The number of fused-ring (bicyclic) bond motifs is 2. The van der Waals surface area contributed by atoms with Gasteiger partial charge in [0.1, 0.15) is 11.3 Å². The number of anilines is 1. The molecule has 0 saturated heterocycles. The van der Waals surface area contributed by atoms with Crippen molar-refractivity contribution in [2.45, 2.75) is 6.04 Å². The van der Waals surface area contributed by atoms with E-state index in [9.17, 15) is 9.59 Å². The van der Waals surface area contributed by atoms with Crippen LogP contribution in [0.2, 0.25) is 0 Å². The third kappa shape index (κ3) is 2.83. The Morgan fingerprint density at radius 1 is 0.967 bits per heavy atom. The molecule has 4 aromatic rings. The van der Waals surface area contributed by atoms with Gasteiger partial charge in [-0.2, -0.15) is 0 Å². The molecule has 30 heavy (non-hydrogen) atoms. The lowest BCUT2D eigenvalue weighted by atomic mass is 9.98. The number of halogens is 1. The van der Waals surface area contributed by atoms with Crippen molar-refractivity contribution in [2.24, 2.45) is 0 Å². The Morgan fingerprint density at radius 3 is 2.50 bits per heavy atom. The highest BCUT2D eigenvalue weighted by Gasteiger charge is 2.43. The van der Waals surface area contributed by atoms with Crippen molar-refractivity contribution in [3.8, 4) is 5.75 Å². The summed E-state index contributed by atoms with van der Waals surface area (Å²) in [7, 11) is 1.57. The number of benzene rings is 3. The van der Waals surface area contributed by atoms with Crippen molar-refractivity contribution in [1.29, 1.82) is 0 Å². The van der Waals surface area contributed by atoms with Crippen molar-refractivity contribution in [3.05, 3.63) is 104 Å². The Kier molecular flexibility index (Phi) is 4.44. The number of ether oxygens (including phenoxy) is 1. The molecule has 1 aliphatic rings. The summed E-state index contributed by atoms with van der Waals surface area (Å²) < 4.78 is 12.2. The largest absolute Gasteiger partial charge is 0.497 e. The van der Waals surface area contributed by atoms with E-state index in [0.29, 0.717) is 28.0 Å². The van der Waals surface area contributed by atoms with Crippen LogP contribution in [0.3, 0.4) is 0 Å². The van der Waals surface area contributed by atoms with Gasteiger partial charge in [-0.1, -0.05) is 46.3 Å². The van der Waals surface area contributed by atoms with Crippen molar-refractivity contribution >= 4 is 38.5 Å². The predicted octanol–water partition coefficient (Wildman–Crippen LogP) is 5.31. The first-order chi connectivity index (χ1) is 14.6. The number of hydrogen-bond donors (Lipinski definition) is 0. The number of carbonyl (C=O) groups is 1. The zero-order chi connectivity index (χ0) is 20.8. The van der Waals surface area contributed by atoms with Gasteiger partial charge in [0.25, 0.3) is 5.91 Å². The van der Waals surface area contributed by atoms with E-state index in [0.717, 1.165) is 10.0 Å². The number of hydrogen-bond acceptors (Lipinski definition) is 4. The van der Waals surface area contributed by atoms with Gasteiger partial charge in [0.05, 0.1) is 24.1 Å². The lowest BCUT2D eigenvalue weighted by Crippen LogP contribution is -2.29. The maximum atomic E-state index is 13.5. The Hall–Kier alpha value is -3.38. The molecular formula is C24H16BrNO4. The second kappa shape index (κ2) is 7.15. The van der Waals surface area contributed by atoms with Crippen LogP contribution in [0.25, 0.3) is 11.0 Å². The summed E-state index contributed by atoms with van der Waals surface area (Å²) in [5.41, 5.74) is 2.00. The molecule has 1 amide bonds. The second-order valence-electron chi connectivity index (χ2n) is 7.00. The average Bonchev–Trinajstić information content (AvgIpc) is 3.07. The molecule has 6 heteroatoms. The highest BCUT2D eigenvalue weighted by Crippen LogP contribution is 2.42. The summed E-state index contributed by atoms with van der Waals surface area (Å²) in [5.74, 6) is 0.346. The maximum absolute atomic E-state index is 13.5. The number of methoxy groups -OCH3 is 1. The standard InChI is InChI=1S/C24H16BrNO4/c1-29-17-6-4-5-16(13-17)26-21(14-9-11-15(25)12-10-14)20-22(27)18-7-2-3-8-19(18)30-23(20)24(26)28/h2-13,21H,1H3. The molecule has 2 heterocycles. The SMILES string of the molecule is COc1cccc(N2C(=O)c3oc4ccccc4c(=O)c3C2c2ccc(Br)cc2)c1. The summed E-state index contributed by atoms with van der Waals surface area (Å²) in [6, 6.07) is 21.2. The molecule has 0 spiro atoms. The van der Waals surface area contributed by atoms with Gasteiger partial charge in [-0.3, -0.25) is 14.5 Å². The van der Waals surface area contributed by atoms with E-state index in [4.69, 9.17) is 9.15 Å². The number of carbonyl (C=O) groups excluding carboxylic acids is 1. The molecule has 0 aliphatic carbocycles. The first-order valence-corrected chi connectivity index (χ1v) is 10.2. The van der Waals surface area contributed by atoms with Gasteiger partial charge >= 0.3 is 0 Å². The van der Waals surface area contributed by atoms with Gasteiger partial charge < -0.3 is 9.15 Å². The van der Waals surface area contributed by atoms with Crippen LogP contribution in [0.4, 0.5) is 5.69 Å². The van der Waals surface area contributed by atoms with Crippen LogP contribution in [0.1, 0.15) is 27.7 Å². The maximum Gasteiger partial charge on any atom is 0.295 e. The topological polar surface area (TPSA) is 59.8 Å². The third-order valence-electron chi connectivity index (χ3n) is 5.29. The number of nitrogens with zero attached hydrogens (tertiary/aromatic N) is 1. The molecule has 0 radical (unpaired) electrons. The highest BCUT2D eigenvalue weighted by atomic mass is 79.9. The van der Waals surface area contributed by atoms with Gasteiger partial charge in [0.2, 0.25) is 5.76 Å². The molecule has 1 unspecified atom stereocenters. The van der Waals surface area contributed by atoms with Crippen LogP contribution in [0, 0.1) is 0 Å². The number of para-hydroxylation sites is 1. The molecule has 0 fully saturated rings. The molecule has 0 N–H and O–H groups in total. The van der Waals surface area contributed by atoms with Crippen LogP contribution in [-0.4, -0.2) is 13.0 Å². The fourth-order valence-corrected chi connectivity index (χ4v) is 4.17. The van der Waals surface area contributed by atoms with Crippen LogP contribution >= 0.6 is 15.9 Å². The van der Waals surface area contributed by atoms with Crippen molar-refractivity contribution in [2.75, 3.05) is 12.0 Å². The van der Waals surface area contributed by atoms with E-state index < -0.39 is 6.04 Å². The van der Waals surface area contributed by atoms with Crippen molar-refractivity contribution in [3.63, 3.8) is 0 Å². The minimum Gasteiger partial charge on any atom is -0.497 e.